The normalized spacial score (nSPS) is 26.7. The highest BCUT2D eigenvalue weighted by Gasteiger charge is 2.79. The summed E-state index contributed by atoms with van der Waals surface area (Å²) in [7, 11) is -6.00. The molecule has 1 aromatic heterocycles. The zero-order chi connectivity index (χ0) is 21.6. The highest BCUT2D eigenvalue weighted by molar-refractivity contribution is 6.50. The summed E-state index contributed by atoms with van der Waals surface area (Å²) in [5.41, 5.74) is 1.18. The molecular formula is C19H20BF4N3O2. The lowest BCUT2D eigenvalue weighted by Crippen LogP contribution is -2.43. The smallest absolute Gasteiger partial charge is 0.418 e. The summed E-state index contributed by atoms with van der Waals surface area (Å²) in [6.07, 6.45) is 4.07. The van der Waals surface area contributed by atoms with Crippen LogP contribution < -0.4 is 4.57 Å². The summed E-state index contributed by atoms with van der Waals surface area (Å²) < 4.78 is 41.1. The van der Waals surface area contributed by atoms with Crippen molar-refractivity contribution in [2.45, 2.75) is 32.2 Å². The molecular weight excluding hydrogens is 389 g/mol. The molecule has 1 aliphatic carbocycles. The van der Waals surface area contributed by atoms with Gasteiger partial charge in [-0.15, -0.1) is 0 Å². The second-order valence-electron chi connectivity index (χ2n) is 7.89. The van der Waals surface area contributed by atoms with Crippen molar-refractivity contribution in [3.05, 3.63) is 70.5 Å². The van der Waals surface area contributed by atoms with Crippen LogP contribution >= 0.6 is 0 Å². The fourth-order valence-electron chi connectivity index (χ4n) is 4.28. The van der Waals surface area contributed by atoms with Crippen LogP contribution in [0.15, 0.2) is 59.9 Å². The maximum Gasteiger partial charge on any atom is 0.673 e. The quantitative estimate of drug-likeness (QED) is 0.239. The average molecular weight is 409 g/mol. The molecule has 0 N–H and O–H groups in total. The summed E-state index contributed by atoms with van der Waals surface area (Å²) in [5.74, 6) is 1.77. The minimum Gasteiger partial charge on any atom is -0.418 e. The number of halogens is 4. The van der Waals surface area contributed by atoms with Gasteiger partial charge in [0.05, 0.1) is 23.2 Å². The fourth-order valence-corrected chi connectivity index (χ4v) is 4.28. The Labute approximate surface area is 165 Å². The van der Waals surface area contributed by atoms with Crippen molar-refractivity contribution < 1.29 is 26.8 Å². The largest absolute Gasteiger partial charge is 0.673 e. The second-order valence-corrected chi connectivity index (χ2v) is 7.89. The highest BCUT2D eigenvalue weighted by Crippen LogP contribution is 2.73. The van der Waals surface area contributed by atoms with E-state index in [2.05, 4.69) is 25.3 Å². The number of fused-ring (bicyclic) bond motifs is 1. The van der Waals surface area contributed by atoms with E-state index >= 15 is 0 Å². The Balaban J connectivity index is 0.000000431. The number of aromatic nitrogens is 1. The maximum absolute atomic E-state index is 10.9. The average Bonchev–Trinajstić information content (AvgIpc) is 3.20. The first kappa shape index (κ1) is 20.9. The number of benzene rings is 1. The molecule has 2 heterocycles. The Morgan fingerprint density at radius 2 is 1.52 bits per heavy atom. The minimum absolute atomic E-state index is 0.0430. The number of rotatable bonds is 2. The lowest BCUT2D eigenvalue weighted by atomic mass is 9.83. The minimum atomic E-state index is -6.00. The number of hydrogen-bond donors (Lipinski definition) is 0. The fraction of sp³-hybridized carbons (Fsp3) is 0.368. The molecule has 1 fully saturated rings. The molecule has 0 radical (unpaired) electrons. The van der Waals surface area contributed by atoms with Gasteiger partial charge in [-0.2, -0.15) is 0 Å². The molecule has 10 heteroatoms. The molecule has 1 aromatic carbocycles. The number of hydrogen-bond acceptors (Lipinski definition) is 3. The van der Waals surface area contributed by atoms with Crippen molar-refractivity contribution in [2.75, 3.05) is 0 Å². The summed E-state index contributed by atoms with van der Waals surface area (Å²) >= 11 is 0. The number of nitro groups is 1. The van der Waals surface area contributed by atoms with Crippen LogP contribution in [-0.4, -0.2) is 23.6 Å². The molecule has 29 heavy (non-hydrogen) atoms. The molecule has 1 aliphatic heterocycles. The van der Waals surface area contributed by atoms with E-state index < -0.39 is 7.25 Å². The van der Waals surface area contributed by atoms with E-state index in [1.165, 1.54) is 0 Å². The molecule has 0 spiro atoms. The van der Waals surface area contributed by atoms with Crippen LogP contribution in [-0.2, 0) is 0 Å². The summed E-state index contributed by atoms with van der Waals surface area (Å²) in [6, 6.07) is 13.0. The van der Waals surface area contributed by atoms with E-state index in [9.17, 15) is 27.4 Å². The monoisotopic (exact) mass is 409 g/mol. The van der Waals surface area contributed by atoms with Crippen LogP contribution in [0.1, 0.15) is 32.3 Å². The van der Waals surface area contributed by atoms with Crippen molar-refractivity contribution in [1.29, 1.82) is 0 Å². The van der Waals surface area contributed by atoms with Crippen LogP contribution in [0.3, 0.4) is 0 Å². The summed E-state index contributed by atoms with van der Waals surface area (Å²) in [4.78, 5) is 15.5. The molecule has 5 nitrogen and oxygen atoms in total. The summed E-state index contributed by atoms with van der Waals surface area (Å²) in [5, 5.41) is 10.9. The van der Waals surface area contributed by atoms with Gasteiger partial charge in [0, 0.05) is 23.5 Å². The molecule has 0 amide bonds. The van der Waals surface area contributed by atoms with E-state index in [0.29, 0.717) is 11.8 Å². The zero-order valence-electron chi connectivity index (χ0n) is 16.1. The first-order valence-electron chi connectivity index (χ1n) is 9.04. The van der Waals surface area contributed by atoms with Crippen molar-refractivity contribution in [3.63, 3.8) is 0 Å². The van der Waals surface area contributed by atoms with Gasteiger partial charge in [-0.05, 0) is 31.5 Å². The van der Waals surface area contributed by atoms with Crippen LogP contribution in [0.25, 0.3) is 0 Å². The Morgan fingerprint density at radius 3 is 2.00 bits per heavy atom. The first-order chi connectivity index (χ1) is 13.4. The highest BCUT2D eigenvalue weighted by atomic mass is 19.5. The first-order valence-corrected chi connectivity index (χ1v) is 9.04. The lowest BCUT2D eigenvalue weighted by molar-refractivity contribution is -0.558. The molecule has 3 atom stereocenters. The van der Waals surface area contributed by atoms with Crippen molar-refractivity contribution in [3.8, 4) is 0 Å². The Hall–Kier alpha value is -2.78. The van der Waals surface area contributed by atoms with Crippen LogP contribution in [0, 0.1) is 21.4 Å². The Morgan fingerprint density at radius 1 is 1.00 bits per heavy atom. The molecule has 2 aromatic rings. The predicted octanol–water partition coefficient (Wildman–Crippen LogP) is 4.64. The number of pyridine rings is 1. The molecule has 2 aliphatic rings. The standard InChI is InChI=1S/C19H20N3O2.BF4/c1-18(2)19(3)15(13-7-9-14(10-8-13)22(23)24)16(19)17(20-18)21-11-5-4-6-12-21;2-1(3,4)5/h4-12,15-16H,1-3H3;/q+1;-1. The predicted molar refractivity (Wildman–Crippen MR) is 101 cm³/mol. The number of aliphatic imine (C=N–C) groups is 1. The SMILES string of the molecule is CC1(C)N=C([n+]2ccccc2)C2C(c3ccc([N+](=O)[O-])cc3)C21C.F[B-](F)(F)F. The van der Waals surface area contributed by atoms with Gasteiger partial charge in [-0.3, -0.25) is 10.1 Å². The third-order valence-electron chi connectivity index (χ3n) is 5.95. The van der Waals surface area contributed by atoms with Crippen LogP contribution in [0.4, 0.5) is 23.0 Å². The lowest BCUT2D eigenvalue weighted by Gasteiger charge is -2.21. The van der Waals surface area contributed by atoms with Crippen LogP contribution in [0.2, 0.25) is 0 Å². The van der Waals surface area contributed by atoms with Gasteiger partial charge in [0.25, 0.3) is 5.69 Å². The van der Waals surface area contributed by atoms with Crippen molar-refractivity contribution in [1.82, 2.24) is 0 Å². The molecule has 4 rings (SSSR count). The van der Waals surface area contributed by atoms with Gasteiger partial charge in [-0.1, -0.05) is 30.1 Å². The number of non-ortho nitro benzene ring substituents is 1. The molecule has 3 unspecified atom stereocenters. The molecule has 0 bridgehead atoms. The van der Waals surface area contributed by atoms with E-state index in [-0.39, 0.29) is 21.6 Å². The number of nitro benzene ring substituents is 1. The van der Waals surface area contributed by atoms with Gasteiger partial charge in [0.2, 0.25) is 0 Å². The van der Waals surface area contributed by atoms with Crippen LogP contribution in [0.5, 0.6) is 0 Å². The zero-order valence-corrected chi connectivity index (χ0v) is 16.1. The van der Waals surface area contributed by atoms with Gasteiger partial charge < -0.3 is 17.3 Å². The molecule has 1 saturated carbocycles. The third kappa shape index (κ3) is 3.88. The van der Waals surface area contributed by atoms with Crippen molar-refractivity contribution >= 4 is 18.8 Å². The second kappa shape index (κ2) is 6.93. The Kier molecular flexibility index (Phi) is 5.00. The molecule has 0 saturated heterocycles. The maximum atomic E-state index is 10.9. The van der Waals surface area contributed by atoms with Gasteiger partial charge in [0.15, 0.2) is 5.54 Å². The van der Waals surface area contributed by atoms with Gasteiger partial charge in [-0.25, -0.2) is 4.57 Å². The molecule has 154 valence electrons. The topological polar surface area (TPSA) is 59.4 Å². The van der Waals surface area contributed by atoms with Gasteiger partial charge >= 0.3 is 13.1 Å². The van der Waals surface area contributed by atoms with E-state index in [1.807, 2.05) is 42.7 Å². The van der Waals surface area contributed by atoms with Crippen molar-refractivity contribution in [2.24, 2.45) is 16.3 Å². The van der Waals surface area contributed by atoms with E-state index in [1.54, 1.807) is 12.1 Å². The van der Waals surface area contributed by atoms with E-state index in [4.69, 9.17) is 4.99 Å². The third-order valence-corrected chi connectivity index (χ3v) is 5.95. The Bertz CT molecular complexity index is 942. The van der Waals surface area contributed by atoms with E-state index in [0.717, 1.165) is 11.4 Å². The summed E-state index contributed by atoms with van der Waals surface area (Å²) in [6.45, 7) is 6.65. The number of nitrogens with zero attached hydrogens (tertiary/aromatic N) is 3. The van der Waals surface area contributed by atoms with Gasteiger partial charge in [0.1, 0.15) is 0 Å².